The number of hydrogen-bond donors (Lipinski definition) is 2. The molecule has 10 nitrogen and oxygen atoms in total. The number of thiophene rings is 1. The number of anilines is 1. The van der Waals surface area contributed by atoms with Gasteiger partial charge < -0.3 is 20.1 Å². The first-order chi connectivity index (χ1) is 17.9. The van der Waals surface area contributed by atoms with Crippen LogP contribution in [0, 0.1) is 0 Å². The Morgan fingerprint density at radius 2 is 2.03 bits per heavy atom. The number of para-hydroxylation sites is 1. The SMILES string of the molecule is O=C(O)NC1CCN(C(=O)CCCN(C(=O)c2cccs2)c2nc(C3Oc4ccccc4C3=O)cs2)C1. The van der Waals surface area contributed by atoms with E-state index in [0.717, 1.165) is 0 Å². The minimum absolute atomic E-state index is 0.0826. The number of carbonyl (C=O) groups is 4. The van der Waals surface area contributed by atoms with E-state index in [9.17, 15) is 19.2 Å². The lowest BCUT2D eigenvalue weighted by atomic mass is 10.1. The van der Waals surface area contributed by atoms with Crippen molar-refractivity contribution < 1.29 is 29.0 Å². The quantitative estimate of drug-likeness (QED) is 0.444. The maximum Gasteiger partial charge on any atom is 0.404 e. The Morgan fingerprint density at radius 3 is 2.78 bits per heavy atom. The molecule has 4 heterocycles. The molecule has 192 valence electrons. The van der Waals surface area contributed by atoms with Crippen molar-refractivity contribution in [2.24, 2.45) is 0 Å². The van der Waals surface area contributed by atoms with E-state index in [4.69, 9.17) is 9.84 Å². The second kappa shape index (κ2) is 10.7. The number of carbonyl (C=O) groups excluding carboxylic acids is 3. The van der Waals surface area contributed by atoms with Gasteiger partial charge in [-0.15, -0.1) is 22.7 Å². The Kier molecular flexibility index (Phi) is 7.19. The molecule has 2 aromatic heterocycles. The molecule has 0 bridgehead atoms. The fourth-order valence-electron chi connectivity index (χ4n) is 4.45. The van der Waals surface area contributed by atoms with Crippen molar-refractivity contribution in [3.05, 3.63) is 63.3 Å². The van der Waals surface area contributed by atoms with Crippen LogP contribution in [0.1, 0.15) is 51.1 Å². The average molecular weight is 541 g/mol. The molecule has 3 aromatic rings. The summed E-state index contributed by atoms with van der Waals surface area (Å²) in [4.78, 5) is 58.0. The zero-order chi connectivity index (χ0) is 25.9. The summed E-state index contributed by atoms with van der Waals surface area (Å²) in [5, 5.41) is 15.3. The number of nitrogens with zero attached hydrogens (tertiary/aromatic N) is 3. The van der Waals surface area contributed by atoms with E-state index >= 15 is 0 Å². The third-order valence-electron chi connectivity index (χ3n) is 6.26. The molecule has 1 saturated heterocycles. The van der Waals surface area contributed by atoms with Gasteiger partial charge in [-0.05, 0) is 36.4 Å². The highest BCUT2D eigenvalue weighted by atomic mass is 32.1. The largest absolute Gasteiger partial charge is 0.475 e. The number of likely N-dealkylation sites (tertiary alicyclic amines) is 1. The number of ether oxygens (including phenoxy) is 1. The number of ketones is 1. The highest BCUT2D eigenvalue weighted by molar-refractivity contribution is 7.14. The van der Waals surface area contributed by atoms with E-state index in [1.807, 2.05) is 5.38 Å². The van der Waals surface area contributed by atoms with Crippen LogP contribution in [0.2, 0.25) is 0 Å². The van der Waals surface area contributed by atoms with Gasteiger partial charge in [0.05, 0.1) is 16.5 Å². The predicted octanol–water partition coefficient (Wildman–Crippen LogP) is 3.82. The minimum Gasteiger partial charge on any atom is -0.475 e. The molecule has 0 aliphatic carbocycles. The highest BCUT2D eigenvalue weighted by Crippen LogP contribution is 2.38. The predicted molar refractivity (Wildman–Crippen MR) is 138 cm³/mol. The second-order valence-electron chi connectivity index (χ2n) is 8.73. The molecule has 12 heteroatoms. The summed E-state index contributed by atoms with van der Waals surface area (Å²) >= 11 is 2.57. The van der Waals surface area contributed by atoms with Crippen LogP contribution in [-0.2, 0) is 4.79 Å². The fraction of sp³-hybridized carbons (Fsp3) is 0.320. The van der Waals surface area contributed by atoms with Crippen molar-refractivity contribution in [1.82, 2.24) is 15.2 Å². The monoisotopic (exact) mass is 540 g/mol. The zero-order valence-electron chi connectivity index (χ0n) is 19.7. The van der Waals surface area contributed by atoms with Crippen molar-refractivity contribution >= 4 is 51.5 Å². The molecule has 0 spiro atoms. The van der Waals surface area contributed by atoms with Gasteiger partial charge in [0.1, 0.15) is 11.4 Å². The van der Waals surface area contributed by atoms with Crippen LogP contribution in [0.25, 0.3) is 0 Å². The fourth-order valence-corrected chi connectivity index (χ4v) is 5.99. The van der Waals surface area contributed by atoms with E-state index in [1.54, 1.807) is 51.6 Å². The van der Waals surface area contributed by atoms with E-state index in [0.29, 0.717) is 52.9 Å². The van der Waals surface area contributed by atoms with Gasteiger partial charge in [-0.3, -0.25) is 19.3 Å². The molecule has 3 amide bonds. The molecule has 2 N–H and O–H groups in total. The number of carboxylic acid groups (broad SMARTS) is 1. The summed E-state index contributed by atoms with van der Waals surface area (Å²) in [6, 6.07) is 10.3. The van der Waals surface area contributed by atoms with Crippen LogP contribution < -0.4 is 15.0 Å². The Bertz CT molecular complexity index is 1320. The number of rotatable bonds is 8. The molecule has 0 radical (unpaired) electrons. The molecule has 2 aliphatic rings. The lowest BCUT2D eigenvalue weighted by Gasteiger charge is -2.21. The maximum absolute atomic E-state index is 13.3. The van der Waals surface area contributed by atoms with E-state index in [1.165, 1.54) is 22.7 Å². The molecule has 5 rings (SSSR count). The first-order valence-electron chi connectivity index (χ1n) is 11.8. The number of hydrogen-bond acceptors (Lipinski definition) is 8. The summed E-state index contributed by atoms with van der Waals surface area (Å²) in [7, 11) is 0. The first-order valence-corrected chi connectivity index (χ1v) is 13.5. The molecular weight excluding hydrogens is 516 g/mol. The van der Waals surface area contributed by atoms with Crippen LogP contribution >= 0.6 is 22.7 Å². The molecule has 0 saturated carbocycles. The first kappa shape index (κ1) is 24.9. The number of Topliss-reactive ketones (excluding diaryl/α,β-unsaturated/α-hetero) is 1. The zero-order valence-corrected chi connectivity index (χ0v) is 21.3. The van der Waals surface area contributed by atoms with Gasteiger partial charge in [0.15, 0.2) is 5.13 Å². The van der Waals surface area contributed by atoms with Gasteiger partial charge in [-0.25, -0.2) is 9.78 Å². The number of nitrogens with one attached hydrogen (secondary N) is 1. The van der Waals surface area contributed by atoms with Crippen molar-refractivity contribution in [3.63, 3.8) is 0 Å². The highest BCUT2D eigenvalue weighted by Gasteiger charge is 2.36. The Morgan fingerprint density at radius 1 is 1.19 bits per heavy atom. The van der Waals surface area contributed by atoms with Gasteiger partial charge in [0, 0.05) is 31.4 Å². The van der Waals surface area contributed by atoms with Crippen LogP contribution in [0.3, 0.4) is 0 Å². The summed E-state index contributed by atoms with van der Waals surface area (Å²) in [5.41, 5.74) is 0.949. The Hall–Kier alpha value is -3.77. The number of fused-ring (bicyclic) bond motifs is 1. The Balaban J connectivity index is 1.26. The van der Waals surface area contributed by atoms with Crippen molar-refractivity contribution in [3.8, 4) is 5.75 Å². The van der Waals surface area contributed by atoms with Crippen LogP contribution in [-0.4, -0.2) is 64.4 Å². The lowest BCUT2D eigenvalue weighted by Crippen LogP contribution is -2.38. The number of thiazole rings is 1. The molecule has 2 unspecified atom stereocenters. The summed E-state index contributed by atoms with van der Waals surface area (Å²) in [5.74, 6) is 0.0354. The average Bonchev–Trinajstić information content (AvgIpc) is 3.69. The van der Waals surface area contributed by atoms with Crippen molar-refractivity contribution in [2.75, 3.05) is 24.5 Å². The minimum atomic E-state index is -1.10. The summed E-state index contributed by atoms with van der Waals surface area (Å²) in [6.07, 6.45) is -0.757. The lowest BCUT2D eigenvalue weighted by molar-refractivity contribution is -0.130. The second-order valence-corrected chi connectivity index (χ2v) is 10.5. The van der Waals surface area contributed by atoms with Crippen molar-refractivity contribution in [1.29, 1.82) is 0 Å². The van der Waals surface area contributed by atoms with Crippen LogP contribution in [0.5, 0.6) is 5.75 Å². The third-order valence-corrected chi connectivity index (χ3v) is 8.00. The number of aromatic nitrogens is 1. The summed E-state index contributed by atoms with van der Waals surface area (Å²) in [6.45, 7) is 1.10. The normalized spacial score (nSPS) is 18.4. The number of benzene rings is 1. The third kappa shape index (κ3) is 5.35. The maximum atomic E-state index is 13.3. The molecule has 2 atom stereocenters. The molecular formula is C25H24N4O6S2. The van der Waals surface area contributed by atoms with E-state index in [-0.39, 0.29) is 36.6 Å². The molecule has 1 aromatic carbocycles. The van der Waals surface area contributed by atoms with Gasteiger partial charge in [-0.2, -0.15) is 0 Å². The van der Waals surface area contributed by atoms with E-state index in [2.05, 4.69) is 10.3 Å². The van der Waals surface area contributed by atoms with E-state index < -0.39 is 12.2 Å². The molecule has 2 aliphatic heterocycles. The smallest absolute Gasteiger partial charge is 0.404 e. The van der Waals surface area contributed by atoms with Crippen LogP contribution in [0.15, 0.2) is 47.2 Å². The van der Waals surface area contributed by atoms with Crippen molar-refractivity contribution in [2.45, 2.75) is 31.4 Å². The van der Waals surface area contributed by atoms with Gasteiger partial charge >= 0.3 is 6.09 Å². The molecule has 37 heavy (non-hydrogen) atoms. The topological polar surface area (TPSA) is 129 Å². The van der Waals surface area contributed by atoms with Gasteiger partial charge in [0.25, 0.3) is 5.91 Å². The van der Waals surface area contributed by atoms with Gasteiger partial charge in [0.2, 0.25) is 17.8 Å². The van der Waals surface area contributed by atoms with Crippen LogP contribution in [0.4, 0.5) is 9.93 Å². The standard InChI is InChI=1S/C25H24N4O6S2/c30-20(28-11-9-15(13-28)26-25(33)34)8-3-10-29(23(32)19-7-4-12-36-19)24-27-17(14-37-24)22-21(31)16-5-1-2-6-18(16)35-22/h1-2,4-7,12,14-15,22,26H,3,8-11,13H2,(H,33,34). The Labute approximate surface area is 220 Å². The number of amides is 3. The van der Waals surface area contributed by atoms with Gasteiger partial charge in [-0.1, -0.05) is 18.2 Å². The molecule has 1 fully saturated rings. The summed E-state index contributed by atoms with van der Waals surface area (Å²) < 4.78 is 5.83.